The molecule has 0 unspecified atom stereocenters. The van der Waals surface area contributed by atoms with Crippen molar-refractivity contribution in [1.82, 2.24) is 5.32 Å². The van der Waals surface area contributed by atoms with Crippen LogP contribution in [0.25, 0.3) is 0 Å². The van der Waals surface area contributed by atoms with Gasteiger partial charge in [-0.25, -0.2) is 8.42 Å². The number of aryl methyl sites for hydroxylation is 1. The highest BCUT2D eigenvalue weighted by Crippen LogP contribution is 2.26. The molecule has 0 aliphatic carbocycles. The Kier molecular flexibility index (Phi) is 4.34. The minimum atomic E-state index is -3.67. The molecule has 2 rings (SSSR count). The van der Waals surface area contributed by atoms with Crippen LogP contribution in [0.1, 0.15) is 15.2 Å². The van der Waals surface area contributed by atoms with Crippen LogP contribution in [0.2, 0.25) is 0 Å². The summed E-state index contributed by atoms with van der Waals surface area (Å²) in [5.74, 6) is -0.292. The Morgan fingerprint density at radius 1 is 1.29 bits per heavy atom. The van der Waals surface area contributed by atoms with Crippen LogP contribution in [0.4, 0.5) is 5.69 Å². The van der Waals surface area contributed by atoms with Gasteiger partial charge in [0.2, 0.25) is 0 Å². The fourth-order valence-electron chi connectivity index (χ4n) is 1.82. The molecular weight excluding hydrogens is 308 g/mol. The molecule has 0 saturated heterocycles. The summed E-state index contributed by atoms with van der Waals surface area (Å²) in [4.78, 5) is 12.0. The van der Waals surface area contributed by atoms with E-state index in [1.54, 1.807) is 18.2 Å². The highest BCUT2D eigenvalue weighted by molar-refractivity contribution is 7.93. The van der Waals surface area contributed by atoms with Gasteiger partial charge in [-0.3, -0.25) is 9.10 Å². The van der Waals surface area contributed by atoms with Crippen LogP contribution in [0, 0.1) is 6.92 Å². The average molecular weight is 324 g/mol. The SMILES string of the molecule is CNC(=O)c1cc(S(=O)(=O)N(C)c2cccc(C)c2)cs1. The molecule has 0 aliphatic heterocycles. The lowest BCUT2D eigenvalue weighted by molar-refractivity contribution is 0.0967. The monoisotopic (exact) mass is 324 g/mol. The zero-order chi connectivity index (χ0) is 15.6. The predicted molar refractivity (Wildman–Crippen MR) is 84.5 cm³/mol. The zero-order valence-electron chi connectivity index (χ0n) is 12.0. The molecule has 0 saturated carbocycles. The average Bonchev–Trinajstić information content (AvgIpc) is 2.96. The van der Waals surface area contributed by atoms with E-state index >= 15 is 0 Å². The Bertz CT molecular complexity index is 766. The van der Waals surface area contributed by atoms with Crippen molar-refractivity contribution in [2.45, 2.75) is 11.8 Å². The molecule has 7 heteroatoms. The molecule has 1 aromatic heterocycles. The first-order valence-electron chi connectivity index (χ1n) is 6.22. The van der Waals surface area contributed by atoms with E-state index in [1.165, 1.54) is 29.8 Å². The van der Waals surface area contributed by atoms with E-state index < -0.39 is 10.0 Å². The van der Waals surface area contributed by atoms with Gasteiger partial charge in [0.15, 0.2) is 0 Å². The molecule has 0 bridgehead atoms. The number of amides is 1. The van der Waals surface area contributed by atoms with Gasteiger partial charge in [0.25, 0.3) is 15.9 Å². The highest BCUT2D eigenvalue weighted by atomic mass is 32.2. The summed E-state index contributed by atoms with van der Waals surface area (Å²) < 4.78 is 26.4. The van der Waals surface area contributed by atoms with Crippen LogP contribution in [-0.2, 0) is 10.0 Å². The van der Waals surface area contributed by atoms with Gasteiger partial charge >= 0.3 is 0 Å². The molecule has 112 valence electrons. The lowest BCUT2D eigenvalue weighted by atomic mass is 10.2. The van der Waals surface area contributed by atoms with E-state index in [-0.39, 0.29) is 10.8 Å². The minimum Gasteiger partial charge on any atom is -0.354 e. The van der Waals surface area contributed by atoms with E-state index in [0.717, 1.165) is 16.9 Å². The minimum absolute atomic E-state index is 0.120. The predicted octanol–water partition coefficient (Wildman–Crippen LogP) is 2.24. The number of hydrogen-bond donors (Lipinski definition) is 1. The van der Waals surface area contributed by atoms with Gasteiger partial charge in [0, 0.05) is 19.5 Å². The number of carbonyl (C=O) groups excluding carboxylic acids is 1. The second kappa shape index (κ2) is 5.87. The third-order valence-electron chi connectivity index (χ3n) is 3.05. The summed E-state index contributed by atoms with van der Waals surface area (Å²) in [6, 6.07) is 8.63. The summed E-state index contributed by atoms with van der Waals surface area (Å²) in [6.45, 7) is 1.90. The van der Waals surface area contributed by atoms with Crippen molar-refractivity contribution >= 4 is 33.0 Å². The van der Waals surface area contributed by atoms with Crippen LogP contribution in [0.5, 0.6) is 0 Å². The fraction of sp³-hybridized carbons (Fsp3) is 0.214. The van der Waals surface area contributed by atoms with Gasteiger partial charge < -0.3 is 5.32 Å². The Hall–Kier alpha value is -1.86. The first kappa shape index (κ1) is 15.5. The Morgan fingerprint density at radius 2 is 2.00 bits per heavy atom. The van der Waals surface area contributed by atoms with E-state index in [2.05, 4.69) is 5.32 Å². The summed E-state index contributed by atoms with van der Waals surface area (Å²) >= 11 is 1.11. The van der Waals surface area contributed by atoms with E-state index in [4.69, 9.17) is 0 Å². The van der Waals surface area contributed by atoms with E-state index in [9.17, 15) is 13.2 Å². The third kappa shape index (κ3) is 3.08. The number of sulfonamides is 1. The second-order valence-corrected chi connectivity index (χ2v) is 7.42. The summed E-state index contributed by atoms with van der Waals surface area (Å²) in [7, 11) is -0.656. The molecule has 0 radical (unpaired) electrons. The van der Waals surface area contributed by atoms with Crippen molar-refractivity contribution in [3.8, 4) is 0 Å². The summed E-state index contributed by atoms with van der Waals surface area (Å²) in [5.41, 5.74) is 1.56. The van der Waals surface area contributed by atoms with E-state index in [0.29, 0.717) is 10.6 Å². The number of nitrogens with zero attached hydrogens (tertiary/aromatic N) is 1. The lowest BCUT2D eigenvalue weighted by Gasteiger charge is -2.19. The smallest absolute Gasteiger partial charge is 0.264 e. The van der Waals surface area contributed by atoms with Gasteiger partial charge in [-0.05, 0) is 30.7 Å². The molecule has 0 fully saturated rings. The molecule has 0 atom stereocenters. The van der Waals surface area contributed by atoms with Crippen molar-refractivity contribution in [2.75, 3.05) is 18.4 Å². The first-order chi connectivity index (χ1) is 9.86. The maximum absolute atomic E-state index is 12.6. The molecule has 0 aliphatic rings. The third-order valence-corrected chi connectivity index (χ3v) is 5.89. The topological polar surface area (TPSA) is 66.5 Å². The van der Waals surface area contributed by atoms with Crippen molar-refractivity contribution < 1.29 is 13.2 Å². The Morgan fingerprint density at radius 3 is 2.62 bits per heavy atom. The Balaban J connectivity index is 2.37. The first-order valence-corrected chi connectivity index (χ1v) is 8.54. The number of carbonyl (C=O) groups is 1. The number of anilines is 1. The molecule has 1 heterocycles. The fourth-order valence-corrected chi connectivity index (χ4v) is 4.21. The maximum Gasteiger partial charge on any atom is 0.264 e. The molecule has 1 amide bonds. The molecule has 2 aromatic rings. The summed E-state index contributed by atoms with van der Waals surface area (Å²) in [6.07, 6.45) is 0. The number of nitrogens with one attached hydrogen (secondary N) is 1. The summed E-state index contributed by atoms with van der Waals surface area (Å²) in [5, 5.41) is 3.96. The molecule has 1 N–H and O–H groups in total. The standard InChI is InChI=1S/C14H16N2O3S2/c1-10-5-4-6-11(7-10)16(3)21(18,19)12-8-13(20-9-12)14(17)15-2/h4-9H,1-3H3,(H,15,17). The van der Waals surface area contributed by atoms with Crippen molar-refractivity contribution in [2.24, 2.45) is 0 Å². The van der Waals surface area contributed by atoms with Crippen LogP contribution in [0.15, 0.2) is 40.6 Å². The Labute approximate surface area is 128 Å². The number of benzene rings is 1. The number of thiophene rings is 1. The zero-order valence-corrected chi connectivity index (χ0v) is 13.6. The van der Waals surface area contributed by atoms with Crippen molar-refractivity contribution in [3.63, 3.8) is 0 Å². The maximum atomic E-state index is 12.6. The largest absolute Gasteiger partial charge is 0.354 e. The highest BCUT2D eigenvalue weighted by Gasteiger charge is 2.23. The molecule has 5 nitrogen and oxygen atoms in total. The van der Waals surface area contributed by atoms with Crippen LogP contribution >= 0.6 is 11.3 Å². The van der Waals surface area contributed by atoms with Gasteiger partial charge in [-0.2, -0.15) is 0 Å². The van der Waals surface area contributed by atoms with Crippen LogP contribution in [0.3, 0.4) is 0 Å². The van der Waals surface area contributed by atoms with Crippen LogP contribution in [-0.4, -0.2) is 28.4 Å². The van der Waals surface area contributed by atoms with Gasteiger partial charge in [-0.15, -0.1) is 11.3 Å². The van der Waals surface area contributed by atoms with Gasteiger partial charge in [-0.1, -0.05) is 12.1 Å². The number of hydrogen-bond acceptors (Lipinski definition) is 4. The van der Waals surface area contributed by atoms with Gasteiger partial charge in [0.1, 0.15) is 0 Å². The lowest BCUT2D eigenvalue weighted by Crippen LogP contribution is -2.26. The van der Waals surface area contributed by atoms with Gasteiger partial charge in [0.05, 0.1) is 15.5 Å². The normalized spacial score (nSPS) is 11.2. The quantitative estimate of drug-likeness (QED) is 0.938. The van der Waals surface area contributed by atoms with Crippen molar-refractivity contribution in [1.29, 1.82) is 0 Å². The van der Waals surface area contributed by atoms with Crippen LogP contribution < -0.4 is 9.62 Å². The molecule has 21 heavy (non-hydrogen) atoms. The van der Waals surface area contributed by atoms with E-state index in [1.807, 2.05) is 13.0 Å². The second-order valence-electron chi connectivity index (χ2n) is 4.54. The molecule has 0 spiro atoms. The number of rotatable bonds is 4. The molecule has 1 aromatic carbocycles. The molecular formula is C14H16N2O3S2. The van der Waals surface area contributed by atoms with Crippen molar-refractivity contribution in [3.05, 3.63) is 46.2 Å².